The van der Waals surface area contributed by atoms with Crippen LogP contribution in [0.1, 0.15) is 37.5 Å². The lowest BCUT2D eigenvalue weighted by Gasteiger charge is -2.16. The molecule has 0 nitrogen and oxygen atoms in total. The zero-order valence-electron chi connectivity index (χ0n) is 14.9. The molecule has 0 aliphatic rings. The van der Waals surface area contributed by atoms with Gasteiger partial charge in [0.1, 0.15) is 0 Å². The zero-order chi connectivity index (χ0) is 17.4. The number of benzene rings is 2. The van der Waals surface area contributed by atoms with E-state index in [0.29, 0.717) is 0 Å². The van der Waals surface area contributed by atoms with Crippen LogP contribution in [-0.2, 0) is 6.42 Å². The van der Waals surface area contributed by atoms with Crippen molar-refractivity contribution in [3.05, 3.63) is 90.6 Å². The van der Waals surface area contributed by atoms with E-state index < -0.39 is 0 Å². The Kier molecular flexibility index (Phi) is 7.28. The summed E-state index contributed by atoms with van der Waals surface area (Å²) < 4.78 is 0. The highest BCUT2D eigenvalue weighted by atomic mass is 14.2. The molecule has 0 aliphatic carbocycles. The monoisotopic (exact) mass is 304 g/mol. The largest absolute Gasteiger partial charge is 0.0990 e. The first-order valence-corrected chi connectivity index (χ1v) is 8.29. The van der Waals surface area contributed by atoms with Crippen molar-refractivity contribution < 1.29 is 0 Å². The van der Waals surface area contributed by atoms with Gasteiger partial charge in [-0.3, -0.25) is 0 Å². The average molecular weight is 304 g/mol. The Balaban J connectivity index is 0.00000127. The van der Waals surface area contributed by atoms with Gasteiger partial charge in [-0.1, -0.05) is 94.6 Å². The van der Waals surface area contributed by atoms with E-state index in [9.17, 15) is 0 Å². The lowest BCUT2D eigenvalue weighted by Crippen LogP contribution is -1.95. The van der Waals surface area contributed by atoms with Gasteiger partial charge in [-0.2, -0.15) is 0 Å². The van der Waals surface area contributed by atoms with E-state index in [1.165, 1.54) is 27.5 Å². The maximum Gasteiger partial charge on any atom is -0.00734 e. The molecule has 0 aliphatic heterocycles. The molecule has 2 aromatic carbocycles. The number of aryl methyl sites for hydroxylation is 2. The quantitative estimate of drug-likeness (QED) is 0.519. The predicted octanol–water partition coefficient (Wildman–Crippen LogP) is 7.05. The standard InChI is InChI=1S/C21H22.C2H6/c1-6-9-17(7-2)16(5)21-18(8-3)11-12-19-14-15(4)10-13-20(19)21;1-2/h6-7,9-14H,1-2,5,8H2,3-4H3;1-2H3/b17-9+;. The van der Waals surface area contributed by atoms with E-state index in [1.54, 1.807) is 6.08 Å². The number of allylic oxidation sites excluding steroid dienone is 5. The molecule has 23 heavy (non-hydrogen) atoms. The molecular formula is C23H28. The Hall–Kier alpha value is -2.34. The summed E-state index contributed by atoms with van der Waals surface area (Å²) in [6, 6.07) is 11.0. The molecular weight excluding hydrogens is 276 g/mol. The van der Waals surface area contributed by atoms with Crippen LogP contribution in [-0.4, -0.2) is 0 Å². The molecule has 0 saturated carbocycles. The molecule has 0 heterocycles. The molecule has 0 bridgehead atoms. The van der Waals surface area contributed by atoms with E-state index in [1.807, 2.05) is 26.0 Å². The minimum absolute atomic E-state index is 0.983. The summed E-state index contributed by atoms with van der Waals surface area (Å²) >= 11 is 0. The molecule has 0 aromatic heterocycles. The summed E-state index contributed by atoms with van der Waals surface area (Å²) in [7, 11) is 0. The molecule has 0 N–H and O–H groups in total. The van der Waals surface area contributed by atoms with Gasteiger partial charge in [0.15, 0.2) is 0 Å². The fourth-order valence-electron chi connectivity index (χ4n) is 2.71. The maximum absolute atomic E-state index is 4.31. The molecule has 0 radical (unpaired) electrons. The first-order valence-electron chi connectivity index (χ1n) is 8.29. The summed E-state index contributed by atoms with van der Waals surface area (Å²) in [6.45, 7) is 20.3. The minimum Gasteiger partial charge on any atom is -0.0990 e. The van der Waals surface area contributed by atoms with Gasteiger partial charge in [0.05, 0.1) is 0 Å². The second kappa shape index (κ2) is 8.95. The van der Waals surface area contributed by atoms with Gasteiger partial charge in [-0.05, 0) is 46.4 Å². The normalized spacial score (nSPS) is 10.7. The maximum atomic E-state index is 4.31. The second-order valence-electron chi connectivity index (χ2n) is 5.22. The summed E-state index contributed by atoms with van der Waals surface area (Å²) in [5.41, 5.74) is 5.84. The third kappa shape index (κ3) is 4.10. The molecule has 0 fully saturated rings. The Labute approximate surface area is 141 Å². The molecule has 0 saturated heterocycles. The Morgan fingerprint density at radius 1 is 1.09 bits per heavy atom. The average Bonchev–Trinajstić information content (AvgIpc) is 2.59. The fraction of sp³-hybridized carbons (Fsp3) is 0.217. The van der Waals surface area contributed by atoms with Gasteiger partial charge in [-0.15, -0.1) is 0 Å². The smallest absolute Gasteiger partial charge is 0.00734 e. The van der Waals surface area contributed by atoms with Gasteiger partial charge < -0.3 is 0 Å². The van der Waals surface area contributed by atoms with Gasteiger partial charge in [-0.25, -0.2) is 0 Å². The topological polar surface area (TPSA) is 0 Å². The highest BCUT2D eigenvalue weighted by Crippen LogP contribution is 2.33. The van der Waals surface area contributed by atoms with Crippen molar-refractivity contribution >= 4 is 16.3 Å². The SMILES string of the molecule is C=C/C=C(\C=C)C(=C)c1c(CC)ccc2cc(C)ccc12.CC. The van der Waals surface area contributed by atoms with Crippen molar-refractivity contribution in [2.45, 2.75) is 34.1 Å². The van der Waals surface area contributed by atoms with Gasteiger partial charge in [0, 0.05) is 0 Å². The molecule has 0 spiro atoms. The van der Waals surface area contributed by atoms with Gasteiger partial charge >= 0.3 is 0 Å². The lowest BCUT2D eigenvalue weighted by atomic mass is 9.88. The van der Waals surface area contributed by atoms with E-state index in [0.717, 1.165) is 17.6 Å². The number of fused-ring (bicyclic) bond motifs is 1. The van der Waals surface area contributed by atoms with Crippen LogP contribution in [0.15, 0.2) is 73.9 Å². The summed E-state index contributed by atoms with van der Waals surface area (Å²) in [6.07, 6.45) is 6.57. The molecule has 0 atom stereocenters. The van der Waals surface area contributed by atoms with Crippen molar-refractivity contribution in [1.29, 1.82) is 0 Å². The van der Waals surface area contributed by atoms with Crippen LogP contribution in [0.2, 0.25) is 0 Å². The molecule has 0 amide bonds. The van der Waals surface area contributed by atoms with Crippen molar-refractivity contribution in [1.82, 2.24) is 0 Å². The highest BCUT2D eigenvalue weighted by molar-refractivity contribution is 5.99. The van der Waals surface area contributed by atoms with Crippen molar-refractivity contribution in [3.63, 3.8) is 0 Å². The van der Waals surface area contributed by atoms with Crippen LogP contribution in [0.25, 0.3) is 16.3 Å². The predicted molar refractivity (Wildman–Crippen MR) is 107 cm³/mol. The minimum atomic E-state index is 0.983. The van der Waals surface area contributed by atoms with E-state index >= 15 is 0 Å². The molecule has 120 valence electrons. The summed E-state index contributed by atoms with van der Waals surface area (Å²) in [5, 5.41) is 2.51. The molecule has 0 heteroatoms. The Morgan fingerprint density at radius 2 is 1.78 bits per heavy atom. The first-order chi connectivity index (χ1) is 11.1. The van der Waals surface area contributed by atoms with Crippen molar-refractivity contribution in [2.75, 3.05) is 0 Å². The number of rotatable bonds is 5. The highest BCUT2D eigenvalue weighted by Gasteiger charge is 2.11. The van der Waals surface area contributed by atoms with Crippen LogP contribution in [0, 0.1) is 6.92 Å². The zero-order valence-corrected chi connectivity index (χ0v) is 14.9. The molecule has 2 rings (SSSR count). The van der Waals surface area contributed by atoms with E-state index in [-0.39, 0.29) is 0 Å². The van der Waals surface area contributed by atoms with Crippen LogP contribution < -0.4 is 0 Å². The first kappa shape index (κ1) is 18.7. The van der Waals surface area contributed by atoms with Crippen LogP contribution in [0.4, 0.5) is 0 Å². The van der Waals surface area contributed by atoms with Gasteiger partial charge in [0.2, 0.25) is 0 Å². The number of hydrogen-bond donors (Lipinski definition) is 0. The summed E-state index contributed by atoms with van der Waals surface area (Å²) in [4.78, 5) is 0. The summed E-state index contributed by atoms with van der Waals surface area (Å²) in [5.74, 6) is 0. The van der Waals surface area contributed by atoms with E-state index in [4.69, 9.17) is 0 Å². The molecule has 2 aromatic rings. The fourth-order valence-corrected chi connectivity index (χ4v) is 2.71. The van der Waals surface area contributed by atoms with Crippen LogP contribution in [0.3, 0.4) is 0 Å². The Bertz CT molecular complexity index is 742. The van der Waals surface area contributed by atoms with Crippen LogP contribution in [0.5, 0.6) is 0 Å². The lowest BCUT2D eigenvalue weighted by molar-refractivity contribution is 1.14. The Morgan fingerprint density at radius 3 is 2.35 bits per heavy atom. The third-order valence-corrected chi connectivity index (χ3v) is 3.81. The third-order valence-electron chi connectivity index (χ3n) is 3.81. The second-order valence-corrected chi connectivity index (χ2v) is 5.22. The van der Waals surface area contributed by atoms with Crippen molar-refractivity contribution in [2.24, 2.45) is 0 Å². The van der Waals surface area contributed by atoms with Crippen molar-refractivity contribution in [3.8, 4) is 0 Å². The molecule has 0 unspecified atom stereocenters. The van der Waals surface area contributed by atoms with Crippen LogP contribution >= 0.6 is 0 Å². The number of hydrogen-bond acceptors (Lipinski definition) is 0. The van der Waals surface area contributed by atoms with E-state index in [2.05, 4.69) is 63.9 Å². The van der Waals surface area contributed by atoms with Gasteiger partial charge in [0.25, 0.3) is 0 Å².